The Bertz CT molecular complexity index is 1050. The molecule has 150 valence electrons. The summed E-state index contributed by atoms with van der Waals surface area (Å²) >= 11 is 0. The van der Waals surface area contributed by atoms with Crippen molar-refractivity contribution in [2.75, 3.05) is 6.54 Å². The number of hydrogen-bond acceptors (Lipinski definition) is 3. The standard InChI is InChI=1S/C22H24N4O3/c27-19(23-12-14-7-4-10-22(14)20(28)25-21(29)26-22)18-11-16-15(13-5-1-2-6-13)8-3-9-17(16)24-18/h3,5,8-9,11,14,24H,1-2,4,6-7,10,12H2,(H,23,27)(H2,25,26,28,29). The molecule has 2 aromatic rings. The molecule has 4 amide bonds. The fourth-order valence-corrected chi connectivity index (χ4v) is 5.11. The summed E-state index contributed by atoms with van der Waals surface area (Å²) in [5.41, 5.74) is 3.11. The minimum Gasteiger partial charge on any atom is -0.351 e. The molecule has 2 aliphatic carbocycles. The number of aromatic nitrogens is 1. The van der Waals surface area contributed by atoms with Gasteiger partial charge in [0.2, 0.25) is 0 Å². The summed E-state index contributed by atoms with van der Waals surface area (Å²) in [4.78, 5) is 39.9. The van der Waals surface area contributed by atoms with Gasteiger partial charge in [0.05, 0.1) is 0 Å². The van der Waals surface area contributed by atoms with E-state index in [4.69, 9.17) is 0 Å². The van der Waals surface area contributed by atoms with Crippen LogP contribution in [-0.4, -0.2) is 34.9 Å². The number of carbonyl (C=O) groups is 3. The molecule has 1 aromatic carbocycles. The van der Waals surface area contributed by atoms with Crippen LogP contribution < -0.4 is 16.0 Å². The Morgan fingerprint density at radius 1 is 1.24 bits per heavy atom. The quantitative estimate of drug-likeness (QED) is 0.602. The number of fused-ring (bicyclic) bond motifs is 1. The summed E-state index contributed by atoms with van der Waals surface area (Å²) in [5.74, 6) is -0.583. The van der Waals surface area contributed by atoms with Crippen LogP contribution in [0.2, 0.25) is 0 Å². The Kier molecular flexibility index (Phi) is 4.19. The molecule has 7 nitrogen and oxygen atoms in total. The Balaban J connectivity index is 1.34. The third kappa shape index (κ3) is 2.92. The number of allylic oxidation sites excluding steroid dienone is 2. The van der Waals surface area contributed by atoms with Gasteiger partial charge >= 0.3 is 6.03 Å². The zero-order valence-corrected chi connectivity index (χ0v) is 16.1. The van der Waals surface area contributed by atoms with Crippen molar-refractivity contribution in [3.8, 4) is 0 Å². The Morgan fingerprint density at radius 3 is 2.90 bits per heavy atom. The maximum absolute atomic E-state index is 12.8. The molecule has 1 saturated carbocycles. The Labute approximate surface area is 168 Å². The second-order valence-corrected chi connectivity index (χ2v) is 8.25. The number of nitrogens with one attached hydrogen (secondary N) is 4. The highest BCUT2D eigenvalue weighted by atomic mass is 16.2. The SMILES string of the molecule is O=C1NC(=O)C2(CCCC2CNC(=O)c2cc3c(C4=CCCC4)cccc3[nH]2)N1. The number of benzene rings is 1. The van der Waals surface area contributed by atoms with E-state index in [1.54, 1.807) is 0 Å². The van der Waals surface area contributed by atoms with Gasteiger partial charge in [0.25, 0.3) is 11.8 Å². The first-order valence-corrected chi connectivity index (χ1v) is 10.3. The maximum atomic E-state index is 12.8. The second-order valence-electron chi connectivity index (χ2n) is 8.25. The lowest BCUT2D eigenvalue weighted by Gasteiger charge is -2.28. The van der Waals surface area contributed by atoms with E-state index in [9.17, 15) is 14.4 Å². The highest BCUT2D eigenvalue weighted by Gasteiger charge is 2.54. The van der Waals surface area contributed by atoms with E-state index in [1.165, 1.54) is 17.6 Å². The average molecular weight is 392 g/mol. The minimum absolute atomic E-state index is 0.110. The molecule has 2 fully saturated rings. The third-order valence-corrected chi connectivity index (χ3v) is 6.59. The summed E-state index contributed by atoms with van der Waals surface area (Å²) in [5, 5.41) is 9.15. The maximum Gasteiger partial charge on any atom is 0.322 e. The molecule has 2 atom stereocenters. The molecule has 1 spiro atoms. The van der Waals surface area contributed by atoms with Gasteiger partial charge in [-0.05, 0) is 55.4 Å². The first-order valence-electron chi connectivity index (χ1n) is 10.3. The van der Waals surface area contributed by atoms with Gasteiger partial charge in [-0.2, -0.15) is 0 Å². The molecule has 29 heavy (non-hydrogen) atoms. The first kappa shape index (κ1) is 18.0. The molecule has 0 bridgehead atoms. The number of carbonyl (C=O) groups excluding carboxylic acids is 3. The molecule has 2 unspecified atom stereocenters. The highest BCUT2D eigenvalue weighted by Crippen LogP contribution is 2.37. The van der Waals surface area contributed by atoms with Crippen LogP contribution in [0.5, 0.6) is 0 Å². The summed E-state index contributed by atoms with van der Waals surface area (Å²) in [6.07, 6.45) is 7.88. The first-order chi connectivity index (χ1) is 14.1. The van der Waals surface area contributed by atoms with E-state index in [0.717, 1.165) is 36.6 Å². The summed E-state index contributed by atoms with van der Waals surface area (Å²) < 4.78 is 0. The number of amides is 4. The van der Waals surface area contributed by atoms with Crippen LogP contribution in [0.1, 0.15) is 54.6 Å². The molecule has 0 radical (unpaired) electrons. The molecule has 1 saturated heterocycles. The van der Waals surface area contributed by atoms with Gasteiger partial charge < -0.3 is 15.6 Å². The van der Waals surface area contributed by atoms with Crippen LogP contribution in [0.25, 0.3) is 16.5 Å². The van der Waals surface area contributed by atoms with Crippen molar-refractivity contribution in [1.82, 2.24) is 20.9 Å². The minimum atomic E-state index is -0.882. The number of aromatic amines is 1. The number of H-pyrrole nitrogens is 1. The van der Waals surface area contributed by atoms with Gasteiger partial charge in [0.1, 0.15) is 11.2 Å². The van der Waals surface area contributed by atoms with Gasteiger partial charge in [-0.1, -0.05) is 24.6 Å². The molecule has 4 N–H and O–H groups in total. The van der Waals surface area contributed by atoms with E-state index in [-0.39, 0.29) is 17.7 Å². The van der Waals surface area contributed by atoms with Gasteiger partial charge in [-0.3, -0.25) is 14.9 Å². The lowest BCUT2D eigenvalue weighted by molar-refractivity contribution is -0.125. The van der Waals surface area contributed by atoms with Crippen LogP contribution in [0, 0.1) is 5.92 Å². The van der Waals surface area contributed by atoms with Crippen LogP contribution in [0.4, 0.5) is 4.79 Å². The predicted octanol–water partition coefficient (Wildman–Crippen LogP) is 2.84. The van der Waals surface area contributed by atoms with Crippen LogP contribution >= 0.6 is 0 Å². The zero-order chi connectivity index (χ0) is 20.0. The van der Waals surface area contributed by atoms with E-state index in [2.05, 4.69) is 33.1 Å². The number of hydrogen-bond donors (Lipinski definition) is 4. The molecular formula is C22H24N4O3. The summed E-state index contributed by atoms with van der Waals surface area (Å²) in [7, 11) is 0. The van der Waals surface area contributed by atoms with Crippen molar-refractivity contribution in [3.05, 3.63) is 41.6 Å². The normalized spacial score (nSPS) is 26.1. The van der Waals surface area contributed by atoms with Gasteiger partial charge in [0.15, 0.2) is 0 Å². The zero-order valence-electron chi connectivity index (χ0n) is 16.1. The Morgan fingerprint density at radius 2 is 2.14 bits per heavy atom. The summed E-state index contributed by atoms with van der Waals surface area (Å²) in [6, 6.07) is 7.57. The molecule has 7 heteroatoms. The highest BCUT2D eigenvalue weighted by molar-refractivity contribution is 6.07. The van der Waals surface area contributed by atoms with Gasteiger partial charge in [-0.15, -0.1) is 0 Å². The largest absolute Gasteiger partial charge is 0.351 e. The molecule has 1 aromatic heterocycles. The smallest absolute Gasteiger partial charge is 0.322 e. The van der Waals surface area contributed by atoms with Crippen LogP contribution in [0.3, 0.4) is 0 Å². The second kappa shape index (κ2) is 6.76. The molecular weight excluding hydrogens is 368 g/mol. The Hall–Kier alpha value is -3.09. The van der Waals surface area contributed by atoms with Crippen molar-refractivity contribution < 1.29 is 14.4 Å². The van der Waals surface area contributed by atoms with Crippen molar-refractivity contribution in [3.63, 3.8) is 0 Å². The molecule has 3 aliphatic rings. The number of rotatable bonds is 4. The van der Waals surface area contributed by atoms with Crippen LogP contribution in [-0.2, 0) is 4.79 Å². The monoisotopic (exact) mass is 392 g/mol. The van der Waals surface area contributed by atoms with Crippen molar-refractivity contribution >= 4 is 34.3 Å². The third-order valence-electron chi connectivity index (χ3n) is 6.59. The van der Waals surface area contributed by atoms with Gasteiger partial charge in [0, 0.05) is 23.4 Å². The predicted molar refractivity (Wildman–Crippen MR) is 109 cm³/mol. The van der Waals surface area contributed by atoms with E-state index in [0.29, 0.717) is 18.7 Å². The molecule has 5 rings (SSSR count). The lowest BCUT2D eigenvalue weighted by Crippen LogP contribution is -2.53. The number of urea groups is 1. The van der Waals surface area contributed by atoms with Crippen molar-refractivity contribution in [2.24, 2.45) is 5.92 Å². The molecule has 1 aliphatic heterocycles. The summed E-state index contributed by atoms with van der Waals surface area (Å²) in [6.45, 7) is 0.347. The van der Waals surface area contributed by atoms with E-state index < -0.39 is 11.6 Å². The fourth-order valence-electron chi connectivity index (χ4n) is 5.11. The average Bonchev–Trinajstić information content (AvgIpc) is 3.47. The number of imide groups is 1. The lowest BCUT2D eigenvalue weighted by atomic mass is 9.87. The van der Waals surface area contributed by atoms with Gasteiger partial charge in [-0.25, -0.2) is 4.79 Å². The van der Waals surface area contributed by atoms with E-state index in [1.807, 2.05) is 18.2 Å². The van der Waals surface area contributed by atoms with E-state index >= 15 is 0 Å². The fraction of sp³-hybridized carbons (Fsp3) is 0.409. The van der Waals surface area contributed by atoms with Crippen LogP contribution in [0.15, 0.2) is 30.3 Å². The molecule has 2 heterocycles. The topological polar surface area (TPSA) is 103 Å². The van der Waals surface area contributed by atoms with Crippen molar-refractivity contribution in [1.29, 1.82) is 0 Å². The van der Waals surface area contributed by atoms with Crippen molar-refractivity contribution in [2.45, 2.75) is 44.1 Å².